The largest absolute Gasteiger partial charge is 0.573 e. The highest BCUT2D eigenvalue weighted by atomic mass is 19.4. The fourth-order valence-electron chi connectivity index (χ4n) is 2.95. The fraction of sp³-hybridized carbons (Fsp3) is 0.389. The minimum absolute atomic E-state index is 0.00616. The number of alkyl halides is 3. The lowest BCUT2D eigenvalue weighted by Crippen LogP contribution is -2.38. The van der Waals surface area contributed by atoms with E-state index in [1.807, 2.05) is 24.0 Å². The molecule has 1 aromatic carbocycles. The number of carbonyl (C=O) groups is 1. The zero-order valence-corrected chi connectivity index (χ0v) is 14.7. The minimum atomic E-state index is -4.82. The van der Waals surface area contributed by atoms with Crippen molar-refractivity contribution in [3.8, 4) is 5.75 Å². The molecular weight excluding hydrogens is 361 g/mol. The number of aromatic nitrogens is 2. The van der Waals surface area contributed by atoms with Crippen molar-refractivity contribution >= 4 is 17.4 Å². The van der Waals surface area contributed by atoms with Crippen molar-refractivity contribution in [1.29, 1.82) is 0 Å². The maximum Gasteiger partial charge on any atom is 0.573 e. The first-order valence-corrected chi connectivity index (χ1v) is 8.53. The lowest BCUT2D eigenvalue weighted by molar-refractivity contribution is -0.274. The van der Waals surface area contributed by atoms with Crippen LogP contribution in [0.15, 0.2) is 36.4 Å². The van der Waals surface area contributed by atoms with Crippen molar-refractivity contribution in [2.75, 3.05) is 23.3 Å². The summed E-state index contributed by atoms with van der Waals surface area (Å²) >= 11 is 0. The highest BCUT2D eigenvalue weighted by molar-refractivity contribution is 5.94. The van der Waals surface area contributed by atoms with Crippen LogP contribution in [-0.4, -0.2) is 35.6 Å². The number of piperidine rings is 1. The molecule has 0 spiro atoms. The molecule has 1 N–H and O–H groups in total. The predicted molar refractivity (Wildman–Crippen MR) is 93.5 cm³/mol. The Morgan fingerprint density at radius 1 is 1.15 bits per heavy atom. The van der Waals surface area contributed by atoms with Crippen molar-refractivity contribution < 1.29 is 22.7 Å². The molecule has 1 aromatic heterocycles. The van der Waals surface area contributed by atoms with Gasteiger partial charge in [-0.15, -0.1) is 18.3 Å². The number of nitrogens with one attached hydrogen (secondary N) is 1. The number of hydrogen-bond acceptors (Lipinski definition) is 5. The smallest absolute Gasteiger partial charge is 0.404 e. The van der Waals surface area contributed by atoms with Crippen LogP contribution in [0.25, 0.3) is 0 Å². The van der Waals surface area contributed by atoms with Gasteiger partial charge < -0.3 is 15.0 Å². The molecule has 1 fully saturated rings. The molecule has 9 heteroatoms. The van der Waals surface area contributed by atoms with Crippen LogP contribution in [0.4, 0.5) is 24.7 Å². The zero-order chi connectivity index (χ0) is 19.4. The number of aryl methyl sites for hydroxylation is 1. The van der Waals surface area contributed by atoms with E-state index in [0.717, 1.165) is 11.5 Å². The first-order chi connectivity index (χ1) is 12.8. The molecule has 1 amide bonds. The number of rotatable bonds is 4. The van der Waals surface area contributed by atoms with Crippen molar-refractivity contribution in [3.63, 3.8) is 0 Å². The van der Waals surface area contributed by atoms with Gasteiger partial charge in [0, 0.05) is 19.0 Å². The molecule has 0 saturated carbocycles. The first kappa shape index (κ1) is 18.9. The summed E-state index contributed by atoms with van der Waals surface area (Å²) in [7, 11) is 0. The van der Waals surface area contributed by atoms with Gasteiger partial charge in [-0.2, -0.15) is 5.10 Å². The third kappa shape index (κ3) is 5.08. The SMILES string of the molecule is Cc1ccc(N2CCC(C(=O)Nc3ccccc3OC(F)(F)F)CC2)nn1. The van der Waals surface area contributed by atoms with E-state index < -0.39 is 12.1 Å². The molecule has 2 heterocycles. The van der Waals surface area contributed by atoms with E-state index in [2.05, 4.69) is 20.3 Å². The summed E-state index contributed by atoms with van der Waals surface area (Å²) in [5.74, 6) is -0.282. The van der Waals surface area contributed by atoms with Gasteiger partial charge >= 0.3 is 6.36 Å². The van der Waals surface area contributed by atoms with Crippen molar-refractivity contribution in [3.05, 3.63) is 42.1 Å². The second-order valence-electron chi connectivity index (χ2n) is 6.33. The molecule has 2 aromatic rings. The van der Waals surface area contributed by atoms with E-state index >= 15 is 0 Å². The molecule has 0 aliphatic carbocycles. The summed E-state index contributed by atoms with van der Waals surface area (Å²) in [5, 5.41) is 10.7. The van der Waals surface area contributed by atoms with Gasteiger partial charge in [0.25, 0.3) is 0 Å². The van der Waals surface area contributed by atoms with Crippen LogP contribution in [-0.2, 0) is 4.79 Å². The van der Waals surface area contributed by atoms with Crippen molar-refractivity contribution in [2.45, 2.75) is 26.1 Å². The molecule has 1 aliphatic rings. The van der Waals surface area contributed by atoms with Crippen LogP contribution >= 0.6 is 0 Å². The predicted octanol–water partition coefficient (Wildman–Crippen LogP) is 3.54. The summed E-state index contributed by atoms with van der Waals surface area (Å²) in [6, 6.07) is 9.26. The van der Waals surface area contributed by atoms with Crippen molar-refractivity contribution in [2.24, 2.45) is 5.92 Å². The maximum absolute atomic E-state index is 12.5. The van der Waals surface area contributed by atoms with E-state index in [1.54, 1.807) is 0 Å². The zero-order valence-electron chi connectivity index (χ0n) is 14.7. The number of para-hydroxylation sites is 2. The Labute approximate surface area is 154 Å². The summed E-state index contributed by atoms with van der Waals surface area (Å²) < 4.78 is 41.4. The van der Waals surface area contributed by atoms with E-state index in [0.29, 0.717) is 25.9 Å². The molecule has 0 unspecified atom stereocenters. The number of ether oxygens (including phenoxy) is 1. The Kier molecular flexibility index (Phi) is 5.48. The summed E-state index contributed by atoms with van der Waals surface area (Å²) in [5.41, 5.74) is 0.833. The summed E-state index contributed by atoms with van der Waals surface area (Å²) in [6.45, 7) is 3.10. The Morgan fingerprint density at radius 2 is 1.85 bits per heavy atom. The maximum atomic E-state index is 12.5. The van der Waals surface area contributed by atoms with Crippen molar-refractivity contribution in [1.82, 2.24) is 10.2 Å². The van der Waals surface area contributed by atoms with Crippen LogP contribution < -0.4 is 15.0 Å². The molecule has 6 nitrogen and oxygen atoms in total. The molecular formula is C18H19F3N4O2. The molecule has 27 heavy (non-hydrogen) atoms. The number of hydrogen-bond donors (Lipinski definition) is 1. The normalized spacial score (nSPS) is 15.5. The van der Waals surface area contributed by atoms with Gasteiger partial charge in [0.05, 0.1) is 11.4 Å². The van der Waals surface area contributed by atoms with E-state index in [9.17, 15) is 18.0 Å². The number of carbonyl (C=O) groups excluding carboxylic acids is 1. The molecule has 1 aliphatic heterocycles. The van der Waals surface area contributed by atoms with Gasteiger partial charge in [-0.05, 0) is 44.0 Å². The standard InChI is InChI=1S/C18H19F3N4O2/c1-12-6-7-16(24-23-12)25-10-8-13(9-11-25)17(26)22-14-4-2-3-5-15(14)27-18(19,20)21/h2-7,13H,8-11H2,1H3,(H,22,26). The van der Waals surface area contributed by atoms with Crippen LogP contribution in [0.1, 0.15) is 18.5 Å². The van der Waals surface area contributed by atoms with E-state index in [-0.39, 0.29) is 17.5 Å². The molecule has 0 bridgehead atoms. The van der Waals surface area contributed by atoms with Crippen LogP contribution in [0.5, 0.6) is 5.75 Å². The van der Waals surface area contributed by atoms with Gasteiger partial charge in [-0.25, -0.2) is 0 Å². The average molecular weight is 380 g/mol. The summed E-state index contributed by atoms with van der Waals surface area (Å²) in [4.78, 5) is 14.5. The Hall–Kier alpha value is -2.84. The molecule has 0 atom stereocenters. The molecule has 0 radical (unpaired) electrons. The quantitative estimate of drug-likeness (QED) is 0.879. The monoisotopic (exact) mass is 380 g/mol. The van der Waals surface area contributed by atoms with Crippen LogP contribution in [0.2, 0.25) is 0 Å². The highest BCUT2D eigenvalue weighted by Gasteiger charge is 2.33. The van der Waals surface area contributed by atoms with Gasteiger partial charge in [0.15, 0.2) is 11.6 Å². The van der Waals surface area contributed by atoms with Crippen LogP contribution in [0.3, 0.4) is 0 Å². The summed E-state index contributed by atoms with van der Waals surface area (Å²) in [6.07, 6.45) is -3.67. The number of nitrogens with zero attached hydrogens (tertiary/aromatic N) is 3. The highest BCUT2D eigenvalue weighted by Crippen LogP contribution is 2.31. The lowest BCUT2D eigenvalue weighted by Gasteiger charge is -2.31. The van der Waals surface area contributed by atoms with E-state index in [1.165, 1.54) is 24.3 Å². The number of anilines is 2. The second-order valence-corrected chi connectivity index (χ2v) is 6.33. The average Bonchev–Trinajstić information content (AvgIpc) is 2.63. The molecule has 144 valence electrons. The third-order valence-corrected chi connectivity index (χ3v) is 4.34. The number of halogens is 3. The molecule has 3 rings (SSSR count). The Morgan fingerprint density at radius 3 is 2.48 bits per heavy atom. The second kappa shape index (κ2) is 7.81. The van der Waals surface area contributed by atoms with Gasteiger partial charge in [0.1, 0.15) is 0 Å². The van der Waals surface area contributed by atoms with Gasteiger partial charge in [-0.3, -0.25) is 4.79 Å². The topological polar surface area (TPSA) is 67.4 Å². The Balaban J connectivity index is 1.59. The lowest BCUT2D eigenvalue weighted by atomic mass is 9.95. The van der Waals surface area contributed by atoms with Crippen LogP contribution in [0, 0.1) is 12.8 Å². The van der Waals surface area contributed by atoms with E-state index in [4.69, 9.17) is 0 Å². The van der Waals surface area contributed by atoms with Gasteiger partial charge in [-0.1, -0.05) is 12.1 Å². The minimum Gasteiger partial charge on any atom is -0.404 e. The number of benzene rings is 1. The molecule has 1 saturated heterocycles. The number of amides is 1. The van der Waals surface area contributed by atoms with Gasteiger partial charge in [0.2, 0.25) is 5.91 Å². The fourth-order valence-corrected chi connectivity index (χ4v) is 2.95. The first-order valence-electron chi connectivity index (χ1n) is 8.53. The Bertz CT molecular complexity index is 788. The third-order valence-electron chi connectivity index (χ3n) is 4.34.